The van der Waals surface area contributed by atoms with Crippen LogP contribution in [0.5, 0.6) is 0 Å². The summed E-state index contributed by atoms with van der Waals surface area (Å²) in [4.78, 5) is 23.6. The first-order chi connectivity index (χ1) is 11.6. The summed E-state index contributed by atoms with van der Waals surface area (Å²) in [6.07, 6.45) is 0.0398. The van der Waals surface area contributed by atoms with Crippen molar-refractivity contribution in [2.24, 2.45) is 0 Å². The van der Waals surface area contributed by atoms with Crippen LogP contribution in [0, 0.1) is 0 Å². The molecule has 0 aliphatic rings. The van der Waals surface area contributed by atoms with Crippen LogP contribution in [0.1, 0.15) is 17.2 Å². The number of aromatic nitrogens is 1. The average Bonchev–Trinajstić information content (AvgIpc) is 2.99. The minimum Gasteiger partial charge on any atom is -0.481 e. The molecular formula is C18H16N2O4. The van der Waals surface area contributed by atoms with E-state index in [1.165, 1.54) is 0 Å². The zero-order valence-electron chi connectivity index (χ0n) is 12.8. The number of carbonyl (C=O) groups is 2. The van der Waals surface area contributed by atoms with E-state index in [1.54, 1.807) is 30.3 Å². The van der Waals surface area contributed by atoms with Crippen molar-refractivity contribution in [1.29, 1.82) is 0 Å². The Morgan fingerprint density at radius 2 is 1.79 bits per heavy atom. The van der Waals surface area contributed by atoms with Crippen LogP contribution in [0.2, 0.25) is 0 Å². The summed E-state index contributed by atoms with van der Waals surface area (Å²) >= 11 is 0. The molecule has 1 amide bonds. The van der Waals surface area contributed by atoms with E-state index in [-0.39, 0.29) is 18.9 Å². The molecule has 0 spiro atoms. The fourth-order valence-corrected chi connectivity index (χ4v) is 2.53. The second-order valence-electron chi connectivity index (χ2n) is 5.41. The van der Waals surface area contributed by atoms with E-state index in [0.29, 0.717) is 16.8 Å². The third kappa shape index (κ3) is 3.43. The first kappa shape index (κ1) is 15.7. The maximum Gasteiger partial charge on any atom is 0.312 e. The molecule has 122 valence electrons. The number of aliphatic carboxylic acids is 1. The summed E-state index contributed by atoms with van der Waals surface area (Å²) in [6.45, 7) is 0.0218. The maximum absolute atomic E-state index is 12.1. The van der Waals surface area contributed by atoms with Gasteiger partial charge in [0.2, 0.25) is 5.91 Å². The first-order valence-corrected chi connectivity index (χ1v) is 7.53. The smallest absolute Gasteiger partial charge is 0.312 e. The molecule has 6 nitrogen and oxygen atoms in total. The number of nitrogens with one attached hydrogen (secondary N) is 1. The van der Waals surface area contributed by atoms with Crippen molar-refractivity contribution in [1.82, 2.24) is 10.5 Å². The number of carboxylic acids is 1. The molecule has 3 rings (SSSR count). The van der Waals surface area contributed by atoms with Gasteiger partial charge in [-0.1, -0.05) is 47.6 Å². The van der Waals surface area contributed by atoms with Crippen molar-refractivity contribution in [3.63, 3.8) is 0 Å². The van der Waals surface area contributed by atoms with E-state index < -0.39 is 11.9 Å². The summed E-state index contributed by atoms with van der Waals surface area (Å²) < 4.78 is 5.16. The molecule has 0 fully saturated rings. The van der Waals surface area contributed by atoms with E-state index in [4.69, 9.17) is 4.52 Å². The Balaban J connectivity index is 1.65. The van der Waals surface area contributed by atoms with Crippen molar-refractivity contribution in [3.8, 4) is 0 Å². The van der Waals surface area contributed by atoms with Gasteiger partial charge in [0.15, 0.2) is 5.58 Å². The normalized spacial score (nSPS) is 12.0. The van der Waals surface area contributed by atoms with Crippen molar-refractivity contribution in [2.75, 3.05) is 6.54 Å². The lowest BCUT2D eigenvalue weighted by atomic mass is 9.99. The summed E-state index contributed by atoms with van der Waals surface area (Å²) in [6, 6.07) is 16.1. The SMILES string of the molecule is O=C(Cc1noc2ccccc12)NCC(C(=O)O)c1ccccc1. The quantitative estimate of drug-likeness (QED) is 0.726. The number of rotatable bonds is 6. The van der Waals surface area contributed by atoms with Crippen LogP contribution in [0.25, 0.3) is 11.0 Å². The zero-order chi connectivity index (χ0) is 16.9. The standard InChI is InChI=1S/C18H16N2O4/c21-17(10-15-13-8-4-5-9-16(13)24-20-15)19-11-14(18(22)23)12-6-2-1-3-7-12/h1-9,14H,10-11H2,(H,19,21)(H,22,23). The fraction of sp³-hybridized carbons (Fsp3) is 0.167. The lowest BCUT2D eigenvalue weighted by Gasteiger charge is -2.13. The van der Waals surface area contributed by atoms with Gasteiger partial charge in [0.25, 0.3) is 0 Å². The fourth-order valence-electron chi connectivity index (χ4n) is 2.53. The molecule has 1 unspecified atom stereocenters. The molecule has 24 heavy (non-hydrogen) atoms. The van der Waals surface area contributed by atoms with Gasteiger partial charge in [-0.15, -0.1) is 0 Å². The van der Waals surface area contributed by atoms with Crippen molar-refractivity contribution in [2.45, 2.75) is 12.3 Å². The predicted octanol–water partition coefficient (Wildman–Crippen LogP) is 2.35. The van der Waals surface area contributed by atoms with E-state index in [0.717, 1.165) is 5.39 Å². The highest BCUT2D eigenvalue weighted by Gasteiger charge is 2.21. The number of carbonyl (C=O) groups excluding carboxylic acids is 1. The van der Waals surface area contributed by atoms with E-state index in [2.05, 4.69) is 10.5 Å². The summed E-state index contributed by atoms with van der Waals surface area (Å²) in [5.41, 5.74) is 1.81. The summed E-state index contributed by atoms with van der Waals surface area (Å²) in [5.74, 6) is -2.06. The Labute approximate surface area is 138 Å². The van der Waals surface area contributed by atoms with Gasteiger partial charge >= 0.3 is 5.97 Å². The topological polar surface area (TPSA) is 92.4 Å². The molecule has 1 atom stereocenters. The number of benzene rings is 2. The van der Waals surface area contributed by atoms with Crippen molar-refractivity contribution in [3.05, 3.63) is 65.9 Å². The van der Waals surface area contributed by atoms with Crippen LogP contribution in [0.15, 0.2) is 59.1 Å². The molecule has 1 heterocycles. The van der Waals surface area contributed by atoms with E-state index in [1.807, 2.05) is 24.3 Å². The second kappa shape index (κ2) is 6.95. The van der Waals surface area contributed by atoms with Gasteiger partial charge in [-0.05, 0) is 17.7 Å². The lowest BCUT2D eigenvalue weighted by molar-refractivity contribution is -0.138. The summed E-state index contributed by atoms with van der Waals surface area (Å²) in [7, 11) is 0. The summed E-state index contributed by atoms with van der Waals surface area (Å²) in [5, 5.41) is 16.7. The first-order valence-electron chi connectivity index (χ1n) is 7.53. The molecule has 0 saturated heterocycles. The Bertz CT molecular complexity index is 858. The molecule has 0 saturated carbocycles. The molecule has 2 aromatic carbocycles. The number of hydrogen-bond acceptors (Lipinski definition) is 4. The lowest BCUT2D eigenvalue weighted by Crippen LogP contribution is -2.32. The van der Waals surface area contributed by atoms with Gasteiger partial charge in [0.05, 0.1) is 12.3 Å². The van der Waals surface area contributed by atoms with Gasteiger partial charge < -0.3 is 14.9 Å². The van der Waals surface area contributed by atoms with Gasteiger partial charge in [-0.25, -0.2) is 0 Å². The molecule has 1 aromatic heterocycles. The molecule has 0 bridgehead atoms. The minimum atomic E-state index is -0.978. The highest BCUT2D eigenvalue weighted by atomic mass is 16.5. The molecule has 2 N–H and O–H groups in total. The molecule has 0 aliphatic heterocycles. The molecule has 6 heteroatoms. The second-order valence-corrected chi connectivity index (χ2v) is 5.41. The van der Waals surface area contributed by atoms with Crippen LogP contribution in [0.3, 0.4) is 0 Å². The van der Waals surface area contributed by atoms with Crippen molar-refractivity contribution < 1.29 is 19.2 Å². The molecule has 3 aromatic rings. The average molecular weight is 324 g/mol. The molecular weight excluding hydrogens is 308 g/mol. The Hall–Kier alpha value is -3.15. The molecule has 0 radical (unpaired) electrons. The zero-order valence-corrected chi connectivity index (χ0v) is 12.8. The van der Waals surface area contributed by atoms with Gasteiger partial charge in [-0.3, -0.25) is 9.59 Å². The van der Waals surface area contributed by atoms with Crippen LogP contribution in [0.4, 0.5) is 0 Å². The van der Waals surface area contributed by atoms with E-state index in [9.17, 15) is 14.7 Å². The Kier molecular flexibility index (Phi) is 4.56. The largest absolute Gasteiger partial charge is 0.481 e. The van der Waals surface area contributed by atoms with Gasteiger partial charge in [0, 0.05) is 11.9 Å². The third-order valence-corrected chi connectivity index (χ3v) is 3.78. The van der Waals surface area contributed by atoms with Crippen LogP contribution in [-0.4, -0.2) is 28.7 Å². The number of fused-ring (bicyclic) bond motifs is 1. The number of hydrogen-bond donors (Lipinski definition) is 2. The Morgan fingerprint density at radius 3 is 2.54 bits per heavy atom. The van der Waals surface area contributed by atoms with Crippen LogP contribution < -0.4 is 5.32 Å². The molecule has 0 aliphatic carbocycles. The number of amides is 1. The van der Waals surface area contributed by atoms with Gasteiger partial charge in [0.1, 0.15) is 5.69 Å². The van der Waals surface area contributed by atoms with Crippen LogP contribution >= 0.6 is 0 Å². The predicted molar refractivity (Wildman–Crippen MR) is 87.5 cm³/mol. The third-order valence-electron chi connectivity index (χ3n) is 3.78. The minimum absolute atomic E-state index is 0.0218. The number of carboxylic acid groups (broad SMARTS) is 1. The Morgan fingerprint density at radius 1 is 1.08 bits per heavy atom. The van der Waals surface area contributed by atoms with Crippen LogP contribution in [-0.2, 0) is 16.0 Å². The number of nitrogens with zero attached hydrogens (tertiary/aromatic N) is 1. The maximum atomic E-state index is 12.1. The number of para-hydroxylation sites is 1. The highest BCUT2D eigenvalue weighted by Crippen LogP contribution is 2.18. The monoisotopic (exact) mass is 324 g/mol. The van der Waals surface area contributed by atoms with E-state index >= 15 is 0 Å². The van der Waals surface area contributed by atoms with Gasteiger partial charge in [-0.2, -0.15) is 0 Å². The van der Waals surface area contributed by atoms with Crippen molar-refractivity contribution >= 4 is 22.8 Å². The highest BCUT2D eigenvalue weighted by molar-refractivity contribution is 5.86.